The second-order valence-electron chi connectivity index (χ2n) is 3.79. The molecule has 94 valence electrons. The molecule has 4 heteroatoms. The van der Waals surface area contributed by atoms with E-state index in [-0.39, 0.29) is 11.2 Å². The van der Waals surface area contributed by atoms with Crippen LogP contribution in [-0.2, 0) is 11.2 Å². The average molecular weight is 257 g/mol. The molecule has 0 aromatic heterocycles. The van der Waals surface area contributed by atoms with E-state index in [1.54, 1.807) is 14.2 Å². The van der Waals surface area contributed by atoms with Crippen LogP contribution in [-0.4, -0.2) is 19.5 Å². The summed E-state index contributed by atoms with van der Waals surface area (Å²) < 4.78 is 10.4. The minimum atomic E-state index is -0.308. The topological polar surface area (TPSA) is 35.5 Å². The maximum absolute atomic E-state index is 11.2. The molecule has 0 amide bonds. The molecule has 3 nitrogen and oxygen atoms in total. The summed E-state index contributed by atoms with van der Waals surface area (Å²) in [6.45, 7) is 1.94. The van der Waals surface area contributed by atoms with E-state index >= 15 is 0 Å². The first kappa shape index (κ1) is 13.8. The van der Waals surface area contributed by atoms with Gasteiger partial charge in [0.25, 0.3) is 0 Å². The van der Waals surface area contributed by atoms with Gasteiger partial charge in [0.2, 0.25) is 5.24 Å². The standard InChI is InChI=1S/C13H17ClO3/c1-4-9(13(14)15)7-10-8-11(16-2)5-6-12(10)17-3/h5-6,8-9H,4,7H2,1-3H3. The van der Waals surface area contributed by atoms with Gasteiger partial charge < -0.3 is 9.47 Å². The van der Waals surface area contributed by atoms with E-state index in [4.69, 9.17) is 21.1 Å². The second kappa shape index (κ2) is 6.50. The number of halogens is 1. The summed E-state index contributed by atoms with van der Waals surface area (Å²) in [5, 5.41) is -0.308. The zero-order chi connectivity index (χ0) is 12.8. The predicted octanol–water partition coefficient (Wildman–Crippen LogP) is 3.04. The van der Waals surface area contributed by atoms with Crippen LogP contribution in [0, 0.1) is 5.92 Å². The molecular weight excluding hydrogens is 240 g/mol. The monoisotopic (exact) mass is 256 g/mol. The minimum Gasteiger partial charge on any atom is -0.497 e. The Morgan fingerprint density at radius 2 is 2.06 bits per heavy atom. The van der Waals surface area contributed by atoms with Crippen molar-refractivity contribution in [3.63, 3.8) is 0 Å². The number of hydrogen-bond acceptors (Lipinski definition) is 3. The van der Waals surface area contributed by atoms with Gasteiger partial charge in [-0.3, -0.25) is 4.79 Å². The molecule has 0 aliphatic rings. The van der Waals surface area contributed by atoms with Gasteiger partial charge in [0.15, 0.2) is 0 Å². The first-order chi connectivity index (χ1) is 8.12. The minimum absolute atomic E-state index is 0.183. The molecule has 0 aliphatic carbocycles. The first-order valence-electron chi connectivity index (χ1n) is 5.52. The molecule has 0 aliphatic heterocycles. The fourth-order valence-corrected chi connectivity index (χ4v) is 1.92. The van der Waals surface area contributed by atoms with E-state index in [1.807, 2.05) is 25.1 Å². The Labute approximate surface area is 107 Å². The molecule has 0 spiro atoms. The number of ether oxygens (including phenoxy) is 2. The zero-order valence-electron chi connectivity index (χ0n) is 10.3. The molecular formula is C13H17ClO3. The number of methoxy groups -OCH3 is 2. The lowest BCUT2D eigenvalue weighted by molar-refractivity contribution is -0.115. The molecule has 1 aromatic rings. The van der Waals surface area contributed by atoms with E-state index < -0.39 is 0 Å². The van der Waals surface area contributed by atoms with Crippen LogP contribution in [0.1, 0.15) is 18.9 Å². The van der Waals surface area contributed by atoms with Crippen LogP contribution in [0.4, 0.5) is 0 Å². The lowest BCUT2D eigenvalue weighted by atomic mass is 9.97. The number of carbonyl (C=O) groups excluding carboxylic acids is 1. The third-order valence-corrected chi connectivity index (χ3v) is 3.08. The van der Waals surface area contributed by atoms with Crippen molar-refractivity contribution in [2.24, 2.45) is 5.92 Å². The Balaban J connectivity index is 2.97. The third-order valence-electron chi connectivity index (χ3n) is 2.77. The van der Waals surface area contributed by atoms with Crippen LogP contribution in [0.2, 0.25) is 0 Å². The van der Waals surface area contributed by atoms with E-state index in [0.29, 0.717) is 12.8 Å². The van der Waals surface area contributed by atoms with E-state index in [1.165, 1.54) is 0 Å². The van der Waals surface area contributed by atoms with Gasteiger partial charge in [0, 0.05) is 5.92 Å². The van der Waals surface area contributed by atoms with Gasteiger partial charge in [0.05, 0.1) is 14.2 Å². The summed E-state index contributed by atoms with van der Waals surface area (Å²) in [6, 6.07) is 5.53. The van der Waals surface area contributed by atoms with Crippen molar-refractivity contribution in [3.8, 4) is 11.5 Å². The highest BCUT2D eigenvalue weighted by molar-refractivity contribution is 6.64. The normalized spacial score (nSPS) is 12.0. The van der Waals surface area contributed by atoms with Gasteiger partial charge in [-0.1, -0.05) is 6.92 Å². The molecule has 0 bridgehead atoms. The molecule has 0 saturated heterocycles. The van der Waals surface area contributed by atoms with Gasteiger partial charge in [-0.25, -0.2) is 0 Å². The van der Waals surface area contributed by atoms with E-state index in [0.717, 1.165) is 17.1 Å². The largest absolute Gasteiger partial charge is 0.497 e. The van der Waals surface area contributed by atoms with Crippen molar-refractivity contribution in [1.29, 1.82) is 0 Å². The summed E-state index contributed by atoms with van der Waals surface area (Å²) in [4.78, 5) is 11.2. The molecule has 1 rings (SSSR count). The van der Waals surface area contributed by atoms with Gasteiger partial charge in [-0.15, -0.1) is 0 Å². The fourth-order valence-electron chi connectivity index (χ4n) is 1.69. The summed E-state index contributed by atoms with van der Waals surface area (Å²) in [7, 11) is 3.21. The SMILES string of the molecule is CCC(Cc1cc(OC)ccc1OC)C(=O)Cl. The molecule has 0 saturated carbocycles. The van der Waals surface area contributed by atoms with Crippen LogP contribution < -0.4 is 9.47 Å². The smallest absolute Gasteiger partial charge is 0.225 e. The van der Waals surface area contributed by atoms with Crippen molar-refractivity contribution in [2.75, 3.05) is 14.2 Å². The van der Waals surface area contributed by atoms with Crippen molar-refractivity contribution in [1.82, 2.24) is 0 Å². The number of hydrogen-bond donors (Lipinski definition) is 0. The van der Waals surface area contributed by atoms with Gasteiger partial charge >= 0.3 is 0 Å². The zero-order valence-corrected chi connectivity index (χ0v) is 11.1. The van der Waals surface area contributed by atoms with Crippen LogP contribution >= 0.6 is 11.6 Å². The summed E-state index contributed by atoms with van der Waals surface area (Å²) >= 11 is 5.55. The number of carbonyl (C=O) groups is 1. The molecule has 0 radical (unpaired) electrons. The Kier molecular flexibility index (Phi) is 5.29. The van der Waals surface area contributed by atoms with Crippen molar-refractivity contribution in [2.45, 2.75) is 19.8 Å². The number of rotatable bonds is 6. The first-order valence-corrected chi connectivity index (χ1v) is 5.90. The Morgan fingerprint density at radius 3 is 2.53 bits per heavy atom. The fraction of sp³-hybridized carbons (Fsp3) is 0.462. The summed E-state index contributed by atoms with van der Waals surface area (Å²) in [5.41, 5.74) is 0.938. The maximum atomic E-state index is 11.2. The lowest BCUT2D eigenvalue weighted by Crippen LogP contribution is -2.11. The molecule has 0 fully saturated rings. The second-order valence-corrected chi connectivity index (χ2v) is 4.16. The van der Waals surface area contributed by atoms with Crippen LogP contribution in [0.25, 0.3) is 0 Å². The van der Waals surface area contributed by atoms with Gasteiger partial charge in [-0.2, -0.15) is 0 Å². The molecule has 1 atom stereocenters. The Bertz CT molecular complexity index is 390. The molecule has 1 aromatic carbocycles. The highest BCUT2D eigenvalue weighted by Gasteiger charge is 2.17. The van der Waals surface area contributed by atoms with Crippen molar-refractivity contribution < 1.29 is 14.3 Å². The van der Waals surface area contributed by atoms with Crippen molar-refractivity contribution in [3.05, 3.63) is 23.8 Å². The van der Waals surface area contributed by atoms with E-state index in [9.17, 15) is 4.79 Å². The average Bonchev–Trinajstić information content (AvgIpc) is 2.35. The maximum Gasteiger partial charge on any atom is 0.225 e. The summed E-state index contributed by atoms with van der Waals surface area (Å²) in [5.74, 6) is 1.32. The van der Waals surface area contributed by atoms with Crippen LogP contribution in [0.3, 0.4) is 0 Å². The molecule has 0 heterocycles. The molecule has 1 unspecified atom stereocenters. The molecule has 17 heavy (non-hydrogen) atoms. The lowest BCUT2D eigenvalue weighted by Gasteiger charge is -2.14. The van der Waals surface area contributed by atoms with Gasteiger partial charge in [-0.05, 0) is 48.2 Å². The summed E-state index contributed by atoms with van der Waals surface area (Å²) in [6.07, 6.45) is 1.28. The van der Waals surface area contributed by atoms with Crippen LogP contribution in [0.5, 0.6) is 11.5 Å². The van der Waals surface area contributed by atoms with Crippen LogP contribution in [0.15, 0.2) is 18.2 Å². The number of benzene rings is 1. The quantitative estimate of drug-likeness (QED) is 0.734. The van der Waals surface area contributed by atoms with Gasteiger partial charge in [0.1, 0.15) is 11.5 Å². The third kappa shape index (κ3) is 3.63. The van der Waals surface area contributed by atoms with Crippen molar-refractivity contribution >= 4 is 16.8 Å². The predicted molar refractivity (Wildman–Crippen MR) is 67.9 cm³/mol. The highest BCUT2D eigenvalue weighted by Crippen LogP contribution is 2.27. The highest BCUT2D eigenvalue weighted by atomic mass is 35.5. The Hall–Kier alpha value is -1.22. The molecule has 0 N–H and O–H groups in total. The van der Waals surface area contributed by atoms with E-state index in [2.05, 4.69) is 0 Å². The Morgan fingerprint density at radius 1 is 1.35 bits per heavy atom.